The number of hydrogen-bond acceptors (Lipinski definition) is 8. The fourth-order valence-corrected chi connectivity index (χ4v) is 2.58. The molecule has 1 aromatic carbocycles. The van der Waals surface area contributed by atoms with Crippen LogP contribution in [-0.4, -0.2) is 54.1 Å². The van der Waals surface area contributed by atoms with Gasteiger partial charge in [0.25, 0.3) is 5.69 Å². The molecule has 11 nitrogen and oxygen atoms in total. The van der Waals surface area contributed by atoms with Crippen molar-refractivity contribution in [2.45, 2.75) is 19.4 Å². The second kappa shape index (κ2) is 10.00. The molecule has 0 bridgehead atoms. The minimum Gasteiger partial charge on any atom is -0.480 e. The van der Waals surface area contributed by atoms with E-state index in [1.807, 2.05) is 0 Å². The molecule has 1 aromatic rings. The number of ether oxygens (including phenoxy) is 2. The van der Waals surface area contributed by atoms with Gasteiger partial charge >= 0.3 is 17.9 Å². The molecule has 28 heavy (non-hydrogen) atoms. The third kappa shape index (κ3) is 5.76. The van der Waals surface area contributed by atoms with Crippen LogP contribution >= 0.6 is 0 Å². The average molecular weight is 396 g/mol. The first-order chi connectivity index (χ1) is 13.1. The minimum atomic E-state index is -1.60. The summed E-state index contributed by atoms with van der Waals surface area (Å²) in [5, 5.41) is 22.4. The number of nitrogens with one attached hydrogen (secondary N) is 1. The summed E-state index contributed by atoms with van der Waals surface area (Å²) in [6.45, 7) is 1.28. The molecule has 0 aliphatic rings. The maximum Gasteiger partial charge on any atom is 0.326 e. The number of hydrogen-bond donors (Lipinski definition) is 2. The molecule has 2 N–H and O–H groups in total. The van der Waals surface area contributed by atoms with E-state index in [-0.39, 0.29) is 12.1 Å². The molecule has 0 saturated carbocycles. The van der Waals surface area contributed by atoms with Crippen LogP contribution in [0.15, 0.2) is 24.3 Å². The van der Waals surface area contributed by atoms with Crippen molar-refractivity contribution in [1.29, 1.82) is 0 Å². The van der Waals surface area contributed by atoms with Crippen molar-refractivity contribution in [3.63, 3.8) is 0 Å². The molecule has 0 fully saturated rings. The number of carbonyl (C=O) groups is 4. The Labute approximate surface area is 159 Å². The van der Waals surface area contributed by atoms with Gasteiger partial charge in [0.15, 0.2) is 5.92 Å². The van der Waals surface area contributed by atoms with Crippen LogP contribution < -0.4 is 5.32 Å². The summed E-state index contributed by atoms with van der Waals surface area (Å²) in [6.07, 6.45) is -0.334. The molecule has 2 atom stereocenters. The van der Waals surface area contributed by atoms with E-state index < -0.39 is 46.6 Å². The number of benzene rings is 1. The molecule has 0 radical (unpaired) electrons. The summed E-state index contributed by atoms with van der Waals surface area (Å²) in [5.41, 5.74) is 0.0749. The topological polar surface area (TPSA) is 162 Å². The molecule has 11 heteroatoms. The first kappa shape index (κ1) is 22.5. The zero-order valence-corrected chi connectivity index (χ0v) is 15.4. The number of non-ortho nitro benzene ring substituents is 1. The second-order valence-electron chi connectivity index (χ2n) is 5.87. The predicted molar refractivity (Wildman–Crippen MR) is 93.1 cm³/mol. The fourth-order valence-electron chi connectivity index (χ4n) is 2.58. The Morgan fingerprint density at radius 2 is 1.75 bits per heavy atom. The van der Waals surface area contributed by atoms with Gasteiger partial charge in [0.05, 0.1) is 25.6 Å². The number of carbonyl (C=O) groups excluding carboxylic acids is 3. The highest BCUT2D eigenvalue weighted by Crippen LogP contribution is 2.20. The molecule has 0 spiro atoms. The van der Waals surface area contributed by atoms with E-state index in [0.717, 1.165) is 14.2 Å². The quantitative estimate of drug-likeness (QED) is 0.259. The number of carboxylic acid groups (broad SMARTS) is 1. The SMILES string of the molecule is COC(=O)C(C(=O)OC)[C@H](C)[C@@H](NC(=O)Cc1cccc([N+](=O)[O-])c1)C(=O)O. The fraction of sp³-hybridized carbons (Fsp3) is 0.412. The lowest BCUT2D eigenvalue weighted by molar-refractivity contribution is -0.384. The number of aliphatic carboxylic acids is 1. The molecular formula is C17H20N2O9. The van der Waals surface area contributed by atoms with Crippen LogP contribution in [0, 0.1) is 22.0 Å². The van der Waals surface area contributed by atoms with Crippen molar-refractivity contribution >= 4 is 29.5 Å². The lowest BCUT2D eigenvalue weighted by atomic mass is 9.87. The van der Waals surface area contributed by atoms with Gasteiger partial charge in [-0.3, -0.25) is 24.5 Å². The minimum absolute atomic E-state index is 0.218. The van der Waals surface area contributed by atoms with Gasteiger partial charge in [-0.05, 0) is 5.56 Å². The Balaban J connectivity index is 2.99. The Morgan fingerprint density at radius 3 is 2.21 bits per heavy atom. The van der Waals surface area contributed by atoms with Gasteiger partial charge in [0, 0.05) is 18.1 Å². The van der Waals surface area contributed by atoms with Crippen molar-refractivity contribution in [3.05, 3.63) is 39.9 Å². The van der Waals surface area contributed by atoms with Gasteiger partial charge in [-0.2, -0.15) is 0 Å². The van der Waals surface area contributed by atoms with Gasteiger partial charge in [-0.25, -0.2) is 4.79 Å². The Kier molecular flexibility index (Phi) is 8.05. The van der Waals surface area contributed by atoms with Crippen molar-refractivity contribution in [3.8, 4) is 0 Å². The van der Waals surface area contributed by atoms with Crippen LogP contribution in [0.5, 0.6) is 0 Å². The van der Waals surface area contributed by atoms with E-state index in [0.29, 0.717) is 5.56 Å². The highest BCUT2D eigenvalue weighted by atomic mass is 16.6. The van der Waals surface area contributed by atoms with Crippen LogP contribution in [0.2, 0.25) is 0 Å². The maximum absolute atomic E-state index is 12.2. The molecular weight excluding hydrogens is 376 g/mol. The number of esters is 2. The third-order valence-electron chi connectivity index (χ3n) is 4.03. The predicted octanol–water partition coefficient (Wildman–Crippen LogP) is 0.305. The van der Waals surface area contributed by atoms with E-state index in [2.05, 4.69) is 14.8 Å². The monoisotopic (exact) mass is 396 g/mol. The number of nitro benzene ring substituents is 1. The summed E-state index contributed by atoms with van der Waals surface area (Å²) >= 11 is 0. The van der Waals surface area contributed by atoms with E-state index in [4.69, 9.17) is 0 Å². The van der Waals surface area contributed by atoms with E-state index in [1.165, 1.54) is 31.2 Å². The maximum atomic E-state index is 12.2. The number of carboxylic acids is 1. The largest absolute Gasteiger partial charge is 0.480 e. The second-order valence-corrected chi connectivity index (χ2v) is 5.87. The highest BCUT2D eigenvalue weighted by molar-refractivity contribution is 5.96. The van der Waals surface area contributed by atoms with Crippen molar-refractivity contribution < 1.29 is 38.7 Å². The summed E-state index contributed by atoms with van der Waals surface area (Å²) in [5.74, 6) is -6.98. The lowest BCUT2D eigenvalue weighted by Gasteiger charge is -2.26. The van der Waals surface area contributed by atoms with Crippen molar-refractivity contribution in [2.75, 3.05) is 14.2 Å². The van der Waals surface area contributed by atoms with Crippen molar-refractivity contribution in [1.82, 2.24) is 5.32 Å². The van der Waals surface area contributed by atoms with Crippen LogP contribution in [0.4, 0.5) is 5.69 Å². The van der Waals surface area contributed by atoms with Crippen LogP contribution in [-0.2, 0) is 35.1 Å². The molecule has 0 heterocycles. The van der Waals surface area contributed by atoms with Gasteiger partial charge < -0.3 is 19.9 Å². The number of rotatable bonds is 9. The van der Waals surface area contributed by atoms with E-state index >= 15 is 0 Å². The molecule has 0 aliphatic heterocycles. The summed E-state index contributed by atoms with van der Waals surface area (Å²) in [4.78, 5) is 57.7. The molecule has 1 amide bonds. The molecule has 0 aliphatic carbocycles. The van der Waals surface area contributed by atoms with E-state index in [1.54, 1.807) is 0 Å². The molecule has 0 aromatic heterocycles. The van der Waals surface area contributed by atoms with Gasteiger partial charge in [-0.1, -0.05) is 19.1 Å². The molecule has 0 unspecified atom stereocenters. The zero-order chi connectivity index (χ0) is 21.4. The summed E-state index contributed by atoms with van der Waals surface area (Å²) < 4.78 is 9.03. The normalized spacial score (nSPS) is 12.6. The number of nitrogens with zero attached hydrogens (tertiary/aromatic N) is 1. The van der Waals surface area contributed by atoms with Gasteiger partial charge in [-0.15, -0.1) is 0 Å². The van der Waals surface area contributed by atoms with Gasteiger partial charge in [0.1, 0.15) is 6.04 Å². The smallest absolute Gasteiger partial charge is 0.326 e. The first-order valence-corrected chi connectivity index (χ1v) is 8.03. The van der Waals surface area contributed by atoms with Crippen LogP contribution in [0.3, 0.4) is 0 Å². The Hall–Kier alpha value is -3.50. The van der Waals surface area contributed by atoms with E-state index in [9.17, 15) is 34.4 Å². The third-order valence-corrected chi connectivity index (χ3v) is 4.03. The highest BCUT2D eigenvalue weighted by Gasteiger charge is 2.42. The van der Waals surface area contributed by atoms with Crippen molar-refractivity contribution in [2.24, 2.45) is 11.8 Å². The average Bonchev–Trinajstić information content (AvgIpc) is 2.65. The van der Waals surface area contributed by atoms with Gasteiger partial charge in [0.2, 0.25) is 5.91 Å². The number of amides is 1. The number of nitro groups is 1. The Bertz CT molecular complexity index is 762. The first-order valence-electron chi connectivity index (χ1n) is 8.03. The molecule has 0 saturated heterocycles. The Morgan fingerprint density at radius 1 is 1.18 bits per heavy atom. The van der Waals surface area contributed by atoms with Crippen LogP contribution in [0.25, 0.3) is 0 Å². The number of methoxy groups -OCH3 is 2. The van der Waals surface area contributed by atoms with Crippen LogP contribution in [0.1, 0.15) is 12.5 Å². The molecule has 152 valence electrons. The molecule has 1 rings (SSSR count). The standard InChI is InChI=1S/C17H20N2O9/c1-9(13(16(23)27-2)17(24)28-3)14(15(21)22)18-12(20)8-10-5-4-6-11(7-10)19(25)26/h4-7,9,13-14H,8H2,1-3H3,(H,18,20)(H,21,22)/t9-,14+/m0/s1. The zero-order valence-electron chi connectivity index (χ0n) is 15.4. The lowest BCUT2D eigenvalue weighted by Crippen LogP contribution is -2.50. The summed E-state index contributed by atoms with van der Waals surface area (Å²) in [7, 11) is 2.06. The summed E-state index contributed by atoms with van der Waals surface area (Å²) in [6, 6.07) is 3.69.